The summed E-state index contributed by atoms with van der Waals surface area (Å²) < 4.78 is 11.2. The normalized spacial score (nSPS) is 23.2. The van der Waals surface area contributed by atoms with Crippen molar-refractivity contribution < 1.29 is 19.1 Å². The predicted octanol–water partition coefficient (Wildman–Crippen LogP) is 3.63. The zero-order valence-corrected chi connectivity index (χ0v) is 20.7. The zero-order chi connectivity index (χ0) is 24.2. The Labute approximate surface area is 206 Å². The van der Waals surface area contributed by atoms with Crippen LogP contribution in [0.5, 0.6) is 5.75 Å². The first-order valence-electron chi connectivity index (χ1n) is 11.7. The highest BCUT2D eigenvalue weighted by Gasteiger charge is 2.36. The predicted molar refractivity (Wildman–Crippen MR) is 132 cm³/mol. The number of carbonyl (C=O) groups is 2. The van der Waals surface area contributed by atoms with Crippen molar-refractivity contribution >= 4 is 29.1 Å². The Morgan fingerprint density at radius 3 is 2.44 bits per heavy atom. The van der Waals surface area contributed by atoms with E-state index < -0.39 is 5.92 Å². The molecule has 0 aromatic heterocycles. The van der Waals surface area contributed by atoms with Gasteiger partial charge in [0.25, 0.3) is 0 Å². The molecule has 2 heterocycles. The molecule has 0 spiro atoms. The van der Waals surface area contributed by atoms with Gasteiger partial charge in [0.15, 0.2) is 0 Å². The van der Waals surface area contributed by atoms with Crippen LogP contribution in [0.2, 0.25) is 5.02 Å². The third kappa shape index (κ3) is 5.90. The van der Waals surface area contributed by atoms with Gasteiger partial charge in [0.1, 0.15) is 5.75 Å². The fourth-order valence-electron chi connectivity index (χ4n) is 4.76. The van der Waals surface area contributed by atoms with Crippen molar-refractivity contribution in [1.29, 1.82) is 0 Å². The van der Waals surface area contributed by atoms with Gasteiger partial charge in [-0.1, -0.05) is 35.9 Å². The van der Waals surface area contributed by atoms with Crippen molar-refractivity contribution in [3.63, 3.8) is 0 Å². The number of nitrogens with one attached hydrogen (secondary N) is 1. The van der Waals surface area contributed by atoms with Gasteiger partial charge < -0.3 is 19.7 Å². The fourth-order valence-corrected chi connectivity index (χ4v) is 4.92. The van der Waals surface area contributed by atoms with Crippen LogP contribution in [0, 0.1) is 5.92 Å². The molecule has 34 heavy (non-hydrogen) atoms. The van der Waals surface area contributed by atoms with Crippen molar-refractivity contribution in [3.05, 3.63) is 58.6 Å². The van der Waals surface area contributed by atoms with Gasteiger partial charge in [-0.25, -0.2) is 0 Å². The molecule has 3 atom stereocenters. The van der Waals surface area contributed by atoms with Crippen molar-refractivity contribution in [2.24, 2.45) is 5.92 Å². The molecular weight excluding hydrogens is 454 g/mol. The number of hydrogen-bond acceptors (Lipinski definition) is 5. The quantitative estimate of drug-likeness (QED) is 0.648. The van der Waals surface area contributed by atoms with Crippen LogP contribution in [-0.4, -0.2) is 55.7 Å². The van der Waals surface area contributed by atoms with Crippen LogP contribution in [0.3, 0.4) is 0 Å². The summed E-state index contributed by atoms with van der Waals surface area (Å²) in [4.78, 5) is 29.4. The van der Waals surface area contributed by atoms with E-state index in [1.54, 1.807) is 30.2 Å². The number of ether oxygens (including phenoxy) is 2. The number of nitrogens with zero attached hydrogens (tertiary/aromatic N) is 2. The van der Waals surface area contributed by atoms with E-state index in [1.165, 1.54) is 5.56 Å². The van der Waals surface area contributed by atoms with Crippen LogP contribution in [0.1, 0.15) is 31.4 Å². The number of hydrogen-bond donors (Lipinski definition) is 1. The second-order valence-electron chi connectivity index (χ2n) is 9.21. The highest BCUT2D eigenvalue weighted by atomic mass is 35.5. The Hall–Kier alpha value is -2.61. The Morgan fingerprint density at radius 2 is 1.76 bits per heavy atom. The number of anilines is 1. The maximum absolute atomic E-state index is 12.8. The van der Waals surface area contributed by atoms with E-state index in [-0.39, 0.29) is 30.4 Å². The van der Waals surface area contributed by atoms with Gasteiger partial charge in [0.2, 0.25) is 11.8 Å². The van der Waals surface area contributed by atoms with Crippen molar-refractivity contribution in [2.75, 3.05) is 31.6 Å². The molecule has 1 N–H and O–H groups in total. The molecule has 2 amide bonds. The zero-order valence-electron chi connectivity index (χ0n) is 19.9. The van der Waals surface area contributed by atoms with Gasteiger partial charge >= 0.3 is 0 Å². The average Bonchev–Trinajstić information content (AvgIpc) is 3.19. The van der Waals surface area contributed by atoms with Gasteiger partial charge in [-0.2, -0.15) is 0 Å². The standard InChI is InChI=1S/C26H32ClN3O4/c1-17-13-29(14-18(2)34-17)15-20-6-4-19(5-7-20)12-28-26(32)21-10-25(31)30(16-21)23-11-22(27)8-9-24(23)33-3/h4-9,11,17-18,21H,10,12-16H2,1-3H3,(H,28,32). The first kappa shape index (κ1) is 24.5. The summed E-state index contributed by atoms with van der Waals surface area (Å²) in [5.41, 5.74) is 2.86. The van der Waals surface area contributed by atoms with Gasteiger partial charge in [-0.3, -0.25) is 14.5 Å². The first-order chi connectivity index (χ1) is 16.3. The van der Waals surface area contributed by atoms with Crippen LogP contribution < -0.4 is 15.0 Å². The number of halogens is 1. The summed E-state index contributed by atoms with van der Waals surface area (Å²) in [5.74, 6) is -0.102. The summed E-state index contributed by atoms with van der Waals surface area (Å²) in [5, 5.41) is 3.50. The van der Waals surface area contributed by atoms with E-state index >= 15 is 0 Å². The molecule has 0 bridgehead atoms. The lowest BCUT2D eigenvalue weighted by molar-refractivity contribution is -0.126. The van der Waals surface area contributed by atoms with E-state index in [4.69, 9.17) is 21.1 Å². The highest BCUT2D eigenvalue weighted by Crippen LogP contribution is 2.35. The lowest BCUT2D eigenvalue weighted by atomic mass is 10.1. The summed E-state index contributed by atoms with van der Waals surface area (Å²) in [6, 6.07) is 13.4. The maximum Gasteiger partial charge on any atom is 0.227 e. The van der Waals surface area contributed by atoms with Crippen molar-refractivity contribution in [3.8, 4) is 5.75 Å². The van der Waals surface area contributed by atoms with Crippen LogP contribution in [0.4, 0.5) is 5.69 Å². The van der Waals surface area contributed by atoms with E-state index in [2.05, 4.69) is 36.2 Å². The van der Waals surface area contributed by atoms with Gasteiger partial charge in [0, 0.05) is 44.2 Å². The minimum absolute atomic E-state index is 0.114. The average molecular weight is 486 g/mol. The molecule has 0 radical (unpaired) electrons. The minimum Gasteiger partial charge on any atom is -0.495 e. The van der Waals surface area contributed by atoms with Gasteiger partial charge in [-0.15, -0.1) is 0 Å². The Bertz CT molecular complexity index is 1020. The molecule has 2 aliphatic heterocycles. The number of rotatable bonds is 7. The lowest BCUT2D eigenvalue weighted by Crippen LogP contribution is -2.44. The largest absolute Gasteiger partial charge is 0.495 e. The third-order valence-electron chi connectivity index (χ3n) is 6.32. The maximum atomic E-state index is 12.8. The van der Waals surface area contributed by atoms with Crippen molar-refractivity contribution in [1.82, 2.24) is 10.2 Å². The van der Waals surface area contributed by atoms with Crippen LogP contribution in [0.25, 0.3) is 0 Å². The van der Waals surface area contributed by atoms with E-state index in [9.17, 15) is 9.59 Å². The third-order valence-corrected chi connectivity index (χ3v) is 6.55. The molecule has 2 saturated heterocycles. The number of methoxy groups -OCH3 is 1. The monoisotopic (exact) mass is 485 g/mol. The second-order valence-corrected chi connectivity index (χ2v) is 9.64. The van der Waals surface area contributed by atoms with Crippen LogP contribution >= 0.6 is 11.6 Å². The number of amides is 2. The molecule has 7 nitrogen and oxygen atoms in total. The highest BCUT2D eigenvalue weighted by molar-refractivity contribution is 6.31. The van der Waals surface area contributed by atoms with E-state index in [1.807, 2.05) is 12.1 Å². The van der Waals surface area contributed by atoms with E-state index in [0.717, 1.165) is 25.2 Å². The number of benzene rings is 2. The van der Waals surface area contributed by atoms with Crippen LogP contribution in [0.15, 0.2) is 42.5 Å². The first-order valence-corrected chi connectivity index (χ1v) is 12.1. The van der Waals surface area contributed by atoms with Gasteiger partial charge in [0.05, 0.1) is 30.9 Å². The second kappa shape index (κ2) is 10.8. The lowest BCUT2D eigenvalue weighted by Gasteiger charge is -2.35. The van der Waals surface area contributed by atoms with Crippen LogP contribution in [-0.2, 0) is 27.4 Å². The number of morpholine rings is 1. The Morgan fingerprint density at radius 1 is 1.09 bits per heavy atom. The topological polar surface area (TPSA) is 71.1 Å². The van der Waals surface area contributed by atoms with E-state index in [0.29, 0.717) is 29.5 Å². The smallest absolute Gasteiger partial charge is 0.227 e. The molecule has 2 aromatic rings. The molecule has 3 unspecified atom stereocenters. The molecule has 8 heteroatoms. The summed E-state index contributed by atoms with van der Waals surface area (Å²) in [6.07, 6.45) is 0.657. The molecular formula is C26H32ClN3O4. The summed E-state index contributed by atoms with van der Waals surface area (Å²) >= 11 is 6.11. The minimum atomic E-state index is -0.416. The Balaban J connectivity index is 1.30. The molecule has 2 aliphatic rings. The SMILES string of the molecule is COc1ccc(Cl)cc1N1CC(C(=O)NCc2ccc(CN3CC(C)OC(C)C3)cc2)CC1=O. The Kier molecular flexibility index (Phi) is 7.76. The van der Waals surface area contributed by atoms with Gasteiger partial charge in [-0.05, 0) is 43.2 Å². The summed E-state index contributed by atoms with van der Waals surface area (Å²) in [7, 11) is 1.55. The summed E-state index contributed by atoms with van der Waals surface area (Å²) in [6.45, 7) is 7.69. The number of carbonyl (C=O) groups excluding carboxylic acids is 2. The molecule has 4 rings (SSSR count). The fraction of sp³-hybridized carbons (Fsp3) is 0.462. The molecule has 0 aliphatic carbocycles. The molecule has 2 fully saturated rings. The molecule has 182 valence electrons. The molecule has 0 saturated carbocycles. The van der Waals surface area contributed by atoms with Crippen molar-refractivity contribution in [2.45, 2.75) is 45.6 Å². The molecule has 2 aromatic carbocycles.